The van der Waals surface area contributed by atoms with E-state index in [1.165, 1.54) is 0 Å². The minimum Gasteiger partial charge on any atom is -0.316 e. The molecule has 1 saturated heterocycles. The highest BCUT2D eigenvalue weighted by Crippen LogP contribution is 2.10. The van der Waals surface area contributed by atoms with Crippen molar-refractivity contribution < 1.29 is 17.2 Å². The van der Waals surface area contributed by atoms with Crippen LogP contribution in [-0.4, -0.2) is 33.8 Å². The number of alkyl halides is 2. The zero-order valence-corrected chi connectivity index (χ0v) is 8.49. The largest absolute Gasteiger partial charge is 0.350 e. The van der Waals surface area contributed by atoms with Crippen LogP contribution in [0.15, 0.2) is 0 Å². The summed E-state index contributed by atoms with van der Waals surface area (Å²) in [7, 11) is -4.41. The molecule has 1 heterocycles. The second-order valence-corrected chi connectivity index (χ2v) is 5.10. The van der Waals surface area contributed by atoms with Crippen LogP contribution in [0.1, 0.15) is 12.8 Å². The molecule has 0 spiro atoms. The second-order valence-electron chi connectivity index (χ2n) is 3.37. The number of rotatable bonds is 4. The number of nitrogens with one attached hydrogen (secondary N) is 2. The van der Waals surface area contributed by atoms with Crippen LogP contribution < -0.4 is 10.0 Å². The Hall–Kier alpha value is -0.270. The second kappa shape index (κ2) is 4.99. The first-order valence-corrected chi connectivity index (χ1v) is 6.04. The predicted molar refractivity (Wildman–Crippen MR) is 48.5 cm³/mol. The molecule has 14 heavy (non-hydrogen) atoms. The molecule has 0 amide bonds. The molecular formula is C7H14F2N2O2S. The first-order valence-electron chi connectivity index (χ1n) is 4.50. The fraction of sp³-hybridized carbons (Fsp3) is 1.00. The van der Waals surface area contributed by atoms with Crippen molar-refractivity contribution in [1.29, 1.82) is 0 Å². The summed E-state index contributed by atoms with van der Waals surface area (Å²) >= 11 is 0. The first-order chi connectivity index (χ1) is 6.52. The summed E-state index contributed by atoms with van der Waals surface area (Å²) < 4.78 is 47.1. The number of halogens is 2. The van der Waals surface area contributed by atoms with Gasteiger partial charge in [0.25, 0.3) is 10.0 Å². The van der Waals surface area contributed by atoms with E-state index in [4.69, 9.17) is 0 Å². The van der Waals surface area contributed by atoms with E-state index in [-0.39, 0.29) is 12.5 Å². The molecule has 1 unspecified atom stereocenters. The van der Waals surface area contributed by atoms with Crippen LogP contribution in [-0.2, 0) is 10.0 Å². The average molecular weight is 228 g/mol. The van der Waals surface area contributed by atoms with Crippen LogP contribution in [0.5, 0.6) is 0 Å². The molecule has 0 aromatic heterocycles. The molecular weight excluding hydrogens is 214 g/mol. The number of sulfonamides is 1. The minimum atomic E-state index is -4.41. The summed E-state index contributed by atoms with van der Waals surface area (Å²) in [5, 5.41) is 3.08. The fourth-order valence-electron chi connectivity index (χ4n) is 1.40. The van der Waals surface area contributed by atoms with Gasteiger partial charge in [-0.3, -0.25) is 0 Å². The maximum atomic E-state index is 11.9. The third-order valence-corrected chi connectivity index (χ3v) is 3.24. The predicted octanol–water partition coefficient (Wildman–Crippen LogP) is 0.128. The van der Waals surface area contributed by atoms with Crippen LogP contribution in [0.4, 0.5) is 8.78 Å². The molecule has 0 aromatic carbocycles. The quantitative estimate of drug-likeness (QED) is 0.719. The highest BCUT2D eigenvalue weighted by Gasteiger charge is 2.24. The molecule has 1 rings (SSSR count). The van der Waals surface area contributed by atoms with Crippen molar-refractivity contribution >= 4 is 10.0 Å². The Morgan fingerprint density at radius 3 is 2.71 bits per heavy atom. The van der Waals surface area contributed by atoms with E-state index in [0.717, 1.165) is 19.4 Å². The molecule has 0 saturated carbocycles. The van der Waals surface area contributed by atoms with Gasteiger partial charge in [0.15, 0.2) is 0 Å². The monoisotopic (exact) mass is 228 g/mol. The zero-order valence-electron chi connectivity index (χ0n) is 7.67. The number of hydrogen-bond donors (Lipinski definition) is 2. The molecule has 84 valence electrons. The lowest BCUT2D eigenvalue weighted by atomic mass is 10.0. The summed E-state index contributed by atoms with van der Waals surface area (Å²) in [6, 6.07) is 0. The van der Waals surface area contributed by atoms with Gasteiger partial charge in [0.05, 0.1) is 0 Å². The Morgan fingerprint density at radius 2 is 2.21 bits per heavy atom. The molecule has 1 fully saturated rings. The summed E-state index contributed by atoms with van der Waals surface area (Å²) in [6.45, 7) is 1.70. The van der Waals surface area contributed by atoms with E-state index < -0.39 is 15.8 Å². The highest BCUT2D eigenvalue weighted by atomic mass is 32.2. The SMILES string of the molecule is O=S(=O)(NCC1CCCNC1)C(F)F. The van der Waals surface area contributed by atoms with Gasteiger partial charge in [-0.2, -0.15) is 8.78 Å². The van der Waals surface area contributed by atoms with Gasteiger partial charge in [0.2, 0.25) is 0 Å². The Balaban J connectivity index is 2.32. The van der Waals surface area contributed by atoms with Gasteiger partial charge in [0, 0.05) is 6.54 Å². The normalized spacial score (nSPS) is 24.1. The molecule has 0 radical (unpaired) electrons. The Morgan fingerprint density at radius 1 is 1.50 bits per heavy atom. The van der Waals surface area contributed by atoms with Gasteiger partial charge in [-0.15, -0.1) is 0 Å². The maximum absolute atomic E-state index is 11.9. The molecule has 7 heteroatoms. The molecule has 2 N–H and O–H groups in total. The summed E-state index contributed by atoms with van der Waals surface area (Å²) in [6.07, 6.45) is 1.83. The van der Waals surface area contributed by atoms with Gasteiger partial charge in [-0.1, -0.05) is 0 Å². The van der Waals surface area contributed by atoms with Crippen molar-refractivity contribution in [1.82, 2.24) is 10.0 Å². The smallest absolute Gasteiger partial charge is 0.316 e. The molecule has 0 bridgehead atoms. The van der Waals surface area contributed by atoms with Gasteiger partial charge in [-0.05, 0) is 31.8 Å². The van der Waals surface area contributed by atoms with Gasteiger partial charge in [0.1, 0.15) is 0 Å². The van der Waals surface area contributed by atoms with Crippen molar-refractivity contribution in [2.24, 2.45) is 5.92 Å². The maximum Gasteiger partial charge on any atom is 0.350 e. The fourth-order valence-corrected chi connectivity index (χ4v) is 1.99. The van der Waals surface area contributed by atoms with E-state index in [2.05, 4.69) is 5.32 Å². The number of hydrogen-bond acceptors (Lipinski definition) is 3. The van der Waals surface area contributed by atoms with Crippen molar-refractivity contribution in [3.8, 4) is 0 Å². The minimum absolute atomic E-state index is 0.0969. The van der Waals surface area contributed by atoms with Crippen molar-refractivity contribution in [3.63, 3.8) is 0 Å². The third-order valence-electron chi connectivity index (χ3n) is 2.21. The third kappa shape index (κ3) is 3.47. The molecule has 1 atom stereocenters. The highest BCUT2D eigenvalue weighted by molar-refractivity contribution is 7.89. The van der Waals surface area contributed by atoms with E-state index >= 15 is 0 Å². The summed E-state index contributed by atoms with van der Waals surface area (Å²) in [5.74, 6) is -3.21. The zero-order chi connectivity index (χ0) is 10.6. The Bertz CT molecular complexity index is 263. The van der Waals surface area contributed by atoms with Crippen molar-refractivity contribution in [3.05, 3.63) is 0 Å². The van der Waals surface area contributed by atoms with E-state index in [1.54, 1.807) is 0 Å². The topological polar surface area (TPSA) is 58.2 Å². The van der Waals surface area contributed by atoms with Crippen molar-refractivity contribution in [2.45, 2.75) is 18.6 Å². The summed E-state index contributed by atoms with van der Waals surface area (Å²) in [5.41, 5.74) is 0. The standard InChI is InChI=1S/C7H14F2N2O2S/c8-7(9)14(12,13)11-5-6-2-1-3-10-4-6/h6-7,10-11H,1-5H2. The van der Waals surface area contributed by atoms with Crippen LogP contribution >= 0.6 is 0 Å². The molecule has 1 aliphatic heterocycles. The molecule has 1 aliphatic rings. The molecule has 0 aromatic rings. The molecule has 0 aliphatic carbocycles. The van der Waals surface area contributed by atoms with E-state index in [0.29, 0.717) is 6.54 Å². The van der Waals surface area contributed by atoms with Crippen LogP contribution in [0, 0.1) is 5.92 Å². The average Bonchev–Trinajstić information content (AvgIpc) is 2.16. The summed E-state index contributed by atoms with van der Waals surface area (Å²) in [4.78, 5) is 0. The van der Waals surface area contributed by atoms with Crippen LogP contribution in [0.25, 0.3) is 0 Å². The van der Waals surface area contributed by atoms with Gasteiger partial charge >= 0.3 is 5.76 Å². The lowest BCUT2D eigenvalue weighted by Gasteiger charge is -2.22. The van der Waals surface area contributed by atoms with E-state index in [9.17, 15) is 17.2 Å². The van der Waals surface area contributed by atoms with Crippen molar-refractivity contribution in [2.75, 3.05) is 19.6 Å². The number of piperidine rings is 1. The van der Waals surface area contributed by atoms with Gasteiger partial charge in [-0.25, -0.2) is 13.1 Å². The lowest BCUT2D eigenvalue weighted by molar-refractivity contribution is 0.231. The Labute approximate surface area is 82.1 Å². The van der Waals surface area contributed by atoms with Crippen LogP contribution in [0.3, 0.4) is 0 Å². The van der Waals surface area contributed by atoms with E-state index in [1.807, 2.05) is 4.72 Å². The lowest BCUT2D eigenvalue weighted by Crippen LogP contribution is -2.39. The Kier molecular flexibility index (Phi) is 4.21. The van der Waals surface area contributed by atoms with Gasteiger partial charge < -0.3 is 5.32 Å². The van der Waals surface area contributed by atoms with Crippen LogP contribution in [0.2, 0.25) is 0 Å². The first kappa shape index (κ1) is 11.8. The molecule has 4 nitrogen and oxygen atoms in total.